The van der Waals surface area contributed by atoms with Gasteiger partial charge in [-0.3, -0.25) is 0 Å². The largest absolute Gasteiger partial charge is 0.660 e. The lowest BCUT2D eigenvalue weighted by Gasteiger charge is -2.65. The fourth-order valence-electron chi connectivity index (χ4n) is 6.68. The molecule has 0 bridgehead atoms. The molecule has 3 aliphatic carbocycles. The molecule has 3 fully saturated rings. The average Bonchev–Trinajstić information content (AvgIpc) is 2.53. The second-order valence-corrected chi connectivity index (χ2v) is 9.90. The molecule has 0 aromatic carbocycles. The molecular weight excluding hydrogens is 292 g/mol. The van der Waals surface area contributed by atoms with E-state index in [4.69, 9.17) is 5.32 Å². The van der Waals surface area contributed by atoms with E-state index in [2.05, 4.69) is 46.6 Å². The van der Waals surface area contributed by atoms with E-state index < -0.39 is 0 Å². The molecule has 0 unspecified atom stereocenters. The lowest BCUT2D eigenvalue weighted by atomic mass is 9.46. The van der Waals surface area contributed by atoms with Crippen molar-refractivity contribution in [1.82, 2.24) is 0 Å². The van der Waals surface area contributed by atoms with Crippen LogP contribution in [-0.2, 0) is 0 Å². The summed E-state index contributed by atoms with van der Waals surface area (Å²) in [6.45, 7) is 14.1. The highest BCUT2D eigenvalue weighted by Crippen LogP contribution is 2.62. The van der Waals surface area contributed by atoms with Gasteiger partial charge in [-0.15, -0.1) is 11.1 Å². The predicted molar refractivity (Wildman–Crippen MR) is 105 cm³/mol. The third-order valence-electron chi connectivity index (χ3n) is 8.20. The number of nitrogens with zero attached hydrogens (tertiary/aromatic N) is 2. The van der Waals surface area contributed by atoms with Crippen molar-refractivity contribution in [3.8, 4) is 0 Å². The summed E-state index contributed by atoms with van der Waals surface area (Å²) in [4.78, 5) is 0. The van der Waals surface area contributed by atoms with E-state index in [1.54, 1.807) is 5.57 Å². The summed E-state index contributed by atoms with van der Waals surface area (Å²) >= 11 is 0. The highest BCUT2D eigenvalue weighted by atomic mass is 15.0. The minimum atomic E-state index is 0.0948. The smallest absolute Gasteiger partial charge is 0.0145 e. The van der Waals surface area contributed by atoms with Crippen LogP contribution in [0.4, 0.5) is 0 Å². The van der Waals surface area contributed by atoms with Crippen molar-refractivity contribution < 1.29 is 0 Å². The van der Waals surface area contributed by atoms with Crippen molar-refractivity contribution in [2.75, 3.05) is 14.1 Å². The maximum absolute atomic E-state index is 4.91. The minimum absolute atomic E-state index is 0.0948. The van der Waals surface area contributed by atoms with Crippen LogP contribution in [0.25, 0.3) is 10.6 Å². The summed E-state index contributed by atoms with van der Waals surface area (Å²) in [5, 5.41) is 9.58. The SMILES string of the molecule is C=C1CC[C@@H]2[C@H]3[C@H](CC[C@]2(C)[N-]C)[C@@H](C)C[C@@H](CC(C)(C)[N-]C)[C@H]13. The van der Waals surface area contributed by atoms with Gasteiger partial charge in [0, 0.05) is 0 Å². The molecule has 0 saturated heterocycles. The van der Waals surface area contributed by atoms with Crippen molar-refractivity contribution in [1.29, 1.82) is 0 Å². The lowest BCUT2D eigenvalue weighted by Crippen LogP contribution is -2.56. The number of hydrogen-bond donors (Lipinski definition) is 0. The Bertz CT molecular complexity index is 482. The summed E-state index contributed by atoms with van der Waals surface area (Å²) in [5.41, 5.74) is 1.84. The second-order valence-electron chi connectivity index (χ2n) is 9.90. The van der Waals surface area contributed by atoms with Gasteiger partial charge in [-0.1, -0.05) is 65.0 Å². The van der Waals surface area contributed by atoms with E-state index in [1.807, 2.05) is 7.05 Å². The van der Waals surface area contributed by atoms with Gasteiger partial charge in [-0.2, -0.15) is 14.1 Å². The molecule has 2 nitrogen and oxygen atoms in total. The second kappa shape index (κ2) is 6.43. The quantitative estimate of drug-likeness (QED) is 0.550. The predicted octanol–water partition coefficient (Wildman–Crippen LogP) is 6.19. The molecular formula is C22H38N2-2. The Morgan fingerprint density at radius 2 is 1.96 bits per heavy atom. The van der Waals surface area contributed by atoms with Crippen molar-refractivity contribution in [2.24, 2.45) is 35.5 Å². The summed E-state index contributed by atoms with van der Waals surface area (Å²) in [5.74, 6) is 4.80. The van der Waals surface area contributed by atoms with Crippen LogP contribution in [0.2, 0.25) is 0 Å². The van der Waals surface area contributed by atoms with Gasteiger partial charge in [0.05, 0.1) is 0 Å². The monoisotopic (exact) mass is 330 g/mol. The topological polar surface area (TPSA) is 28.2 Å². The first-order valence-electron chi connectivity index (χ1n) is 10.1. The van der Waals surface area contributed by atoms with Gasteiger partial charge in [0.2, 0.25) is 0 Å². The van der Waals surface area contributed by atoms with Crippen LogP contribution in [0.5, 0.6) is 0 Å². The van der Waals surface area contributed by atoms with Crippen LogP contribution in [0.3, 0.4) is 0 Å². The van der Waals surface area contributed by atoms with Crippen LogP contribution in [0, 0.1) is 35.5 Å². The van der Waals surface area contributed by atoms with Gasteiger partial charge in [0.15, 0.2) is 0 Å². The van der Waals surface area contributed by atoms with E-state index in [1.165, 1.54) is 38.5 Å². The highest BCUT2D eigenvalue weighted by molar-refractivity contribution is 5.22. The van der Waals surface area contributed by atoms with Crippen molar-refractivity contribution in [3.63, 3.8) is 0 Å². The first kappa shape index (κ1) is 18.5. The van der Waals surface area contributed by atoms with Gasteiger partial charge >= 0.3 is 0 Å². The zero-order valence-electron chi connectivity index (χ0n) is 16.8. The molecule has 0 aromatic heterocycles. The molecule has 138 valence electrons. The Hall–Kier alpha value is -0.340. The maximum Gasteiger partial charge on any atom is -0.0145 e. The first-order chi connectivity index (χ1) is 11.2. The fraction of sp³-hybridized carbons (Fsp3) is 0.909. The minimum Gasteiger partial charge on any atom is -0.660 e. The molecule has 0 radical (unpaired) electrons. The Labute approximate surface area is 150 Å². The van der Waals surface area contributed by atoms with Crippen molar-refractivity contribution >= 4 is 0 Å². The van der Waals surface area contributed by atoms with Gasteiger partial charge in [-0.05, 0) is 48.9 Å². The van der Waals surface area contributed by atoms with Gasteiger partial charge in [-0.25, -0.2) is 0 Å². The van der Waals surface area contributed by atoms with E-state index >= 15 is 0 Å². The molecule has 0 N–H and O–H groups in total. The third kappa shape index (κ3) is 2.98. The van der Waals surface area contributed by atoms with Gasteiger partial charge < -0.3 is 10.6 Å². The van der Waals surface area contributed by atoms with Crippen molar-refractivity contribution in [3.05, 3.63) is 22.8 Å². The Morgan fingerprint density at radius 3 is 2.58 bits per heavy atom. The van der Waals surface area contributed by atoms with E-state index in [0.29, 0.717) is 5.92 Å². The summed E-state index contributed by atoms with van der Waals surface area (Å²) in [7, 11) is 4.04. The summed E-state index contributed by atoms with van der Waals surface area (Å²) in [6.07, 6.45) is 7.78. The fourth-order valence-corrected chi connectivity index (χ4v) is 6.68. The standard InChI is InChI=1S/C22H38N2/c1-14-8-9-18-20-17(10-11-22(18,5)24-7)15(2)12-16(19(14)20)13-21(3,4)23-6/h15-20H,1,8-13H2,2-7H3/q-2/t15-,16-,17+,18+,19-,20+,22-/m0/s1. The molecule has 24 heavy (non-hydrogen) atoms. The molecule has 0 heterocycles. The zero-order valence-corrected chi connectivity index (χ0v) is 16.8. The van der Waals surface area contributed by atoms with Crippen LogP contribution < -0.4 is 0 Å². The summed E-state index contributed by atoms with van der Waals surface area (Å²) < 4.78 is 0. The van der Waals surface area contributed by atoms with Crippen LogP contribution in [0.1, 0.15) is 66.2 Å². The highest BCUT2D eigenvalue weighted by Gasteiger charge is 2.53. The van der Waals surface area contributed by atoms with E-state index in [0.717, 1.165) is 29.6 Å². The van der Waals surface area contributed by atoms with Crippen molar-refractivity contribution in [2.45, 2.75) is 77.3 Å². The van der Waals surface area contributed by atoms with Crippen LogP contribution >= 0.6 is 0 Å². The lowest BCUT2D eigenvalue weighted by molar-refractivity contribution is -0.0552. The van der Waals surface area contributed by atoms with Gasteiger partial charge in [0.1, 0.15) is 0 Å². The Balaban J connectivity index is 1.93. The number of allylic oxidation sites excluding steroid dienone is 1. The van der Waals surface area contributed by atoms with E-state index in [9.17, 15) is 0 Å². The molecule has 0 amide bonds. The molecule has 0 spiro atoms. The molecule has 0 aromatic rings. The third-order valence-corrected chi connectivity index (χ3v) is 8.20. The molecule has 0 aliphatic heterocycles. The molecule has 2 heteroatoms. The molecule has 3 saturated carbocycles. The Kier molecular flexibility index (Phi) is 4.94. The number of rotatable bonds is 4. The first-order valence-corrected chi connectivity index (χ1v) is 10.1. The summed E-state index contributed by atoms with van der Waals surface area (Å²) in [6, 6.07) is 0. The van der Waals surface area contributed by atoms with Gasteiger partial charge in [0.25, 0.3) is 0 Å². The van der Waals surface area contributed by atoms with E-state index in [-0.39, 0.29) is 11.1 Å². The molecule has 7 atom stereocenters. The van der Waals surface area contributed by atoms with Crippen LogP contribution in [0.15, 0.2) is 12.2 Å². The maximum atomic E-state index is 4.91. The molecule has 3 aliphatic rings. The zero-order chi connectivity index (χ0) is 17.7. The number of hydrogen-bond acceptors (Lipinski definition) is 0. The normalized spacial score (nSPS) is 45.8. The Morgan fingerprint density at radius 1 is 1.25 bits per heavy atom. The molecule has 3 rings (SSSR count). The van der Waals surface area contributed by atoms with Crippen LogP contribution in [-0.4, -0.2) is 25.2 Å². The average molecular weight is 331 g/mol.